The molecule has 1 N–H and O–H groups in total. The van der Waals surface area contributed by atoms with Gasteiger partial charge in [0.05, 0.1) is 18.7 Å². The van der Waals surface area contributed by atoms with Crippen LogP contribution in [-0.2, 0) is 22.1 Å². The highest BCUT2D eigenvalue weighted by Gasteiger charge is 2.49. The van der Waals surface area contributed by atoms with Gasteiger partial charge in [0.25, 0.3) is 8.32 Å². The quantitative estimate of drug-likeness (QED) is 0.213. The molecule has 0 bridgehead atoms. The van der Waals surface area contributed by atoms with E-state index >= 15 is 0 Å². The number of nitrogens with zero attached hydrogens (tertiary/aromatic N) is 1. The molecule has 3 aromatic rings. The number of rotatable bonds is 10. The molecule has 0 radical (unpaired) electrons. The van der Waals surface area contributed by atoms with Crippen molar-refractivity contribution in [2.24, 2.45) is 0 Å². The molecule has 230 valence electrons. The molecule has 7 nitrogen and oxygen atoms in total. The summed E-state index contributed by atoms with van der Waals surface area (Å²) >= 11 is 0. The second kappa shape index (κ2) is 13.3. The van der Waals surface area contributed by atoms with Crippen LogP contribution in [0.5, 0.6) is 5.75 Å². The van der Waals surface area contributed by atoms with Crippen LogP contribution < -0.4 is 15.1 Å². The van der Waals surface area contributed by atoms with E-state index in [9.17, 15) is 14.7 Å². The van der Waals surface area contributed by atoms with Crippen LogP contribution in [0.3, 0.4) is 0 Å². The molecule has 1 aliphatic rings. The highest BCUT2D eigenvalue weighted by Crippen LogP contribution is 2.37. The Morgan fingerprint density at radius 3 is 1.98 bits per heavy atom. The molecule has 8 heteroatoms. The van der Waals surface area contributed by atoms with Gasteiger partial charge in [0, 0.05) is 13.2 Å². The van der Waals surface area contributed by atoms with E-state index in [1.165, 1.54) is 10.4 Å². The van der Waals surface area contributed by atoms with Crippen molar-refractivity contribution >= 4 is 30.8 Å². The van der Waals surface area contributed by atoms with Gasteiger partial charge < -0.3 is 23.9 Å². The van der Waals surface area contributed by atoms with Crippen molar-refractivity contribution in [1.82, 2.24) is 4.90 Å². The van der Waals surface area contributed by atoms with E-state index in [4.69, 9.17) is 13.9 Å². The van der Waals surface area contributed by atoms with E-state index in [1.54, 1.807) is 11.0 Å². The Balaban J connectivity index is 1.40. The van der Waals surface area contributed by atoms with Crippen molar-refractivity contribution in [1.29, 1.82) is 0 Å². The topological polar surface area (TPSA) is 85.3 Å². The lowest BCUT2D eigenvalue weighted by Crippen LogP contribution is -2.66. The number of carboxylic acid groups (broad SMARTS) is 1. The predicted octanol–water partition coefficient (Wildman–Crippen LogP) is 6.41. The maximum atomic E-state index is 12.6. The third kappa shape index (κ3) is 7.67. The number of carboxylic acids is 1. The minimum absolute atomic E-state index is 0.0817. The maximum absolute atomic E-state index is 12.6. The van der Waals surface area contributed by atoms with Gasteiger partial charge in [-0.3, -0.25) is 0 Å². The third-order valence-electron chi connectivity index (χ3n) is 7.74. The van der Waals surface area contributed by atoms with Gasteiger partial charge in [-0.15, -0.1) is 0 Å². The lowest BCUT2D eigenvalue weighted by atomic mass is 9.94. The van der Waals surface area contributed by atoms with E-state index in [0.29, 0.717) is 37.5 Å². The van der Waals surface area contributed by atoms with Gasteiger partial charge >= 0.3 is 12.1 Å². The second-order valence-electron chi connectivity index (χ2n) is 13.1. The maximum Gasteiger partial charge on any atom is 0.410 e. The number of carbonyl (C=O) groups is 2. The number of hydrogen-bond donors (Lipinski definition) is 1. The fourth-order valence-electron chi connectivity index (χ4n) is 5.78. The van der Waals surface area contributed by atoms with E-state index in [-0.39, 0.29) is 17.1 Å². The van der Waals surface area contributed by atoms with Crippen molar-refractivity contribution in [2.75, 3.05) is 19.8 Å². The summed E-state index contributed by atoms with van der Waals surface area (Å²) in [5, 5.41) is 12.4. The fraction of sp³-hybridized carbons (Fsp3) is 0.429. The number of benzene rings is 3. The number of fused-ring (bicyclic) bond motifs is 1. The number of unbranched alkanes of at least 4 members (excludes halogenated alkanes) is 1. The van der Waals surface area contributed by atoms with E-state index in [0.717, 1.165) is 18.4 Å². The van der Waals surface area contributed by atoms with Gasteiger partial charge in [-0.25, -0.2) is 9.59 Å². The van der Waals surface area contributed by atoms with Gasteiger partial charge in [0.1, 0.15) is 11.4 Å². The zero-order valence-electron chi connectivity index (χ0n) is 26.3. The summed E-state index contributed by atoms with van der Waals surface area (Å²) in [6.07, 6.45) is 1.68. The fourth-order valence-corrected chi connectivity index (χ4v) is 10.4. The Labute approximate surface area is 256 Å². The predicted molar refractivity (Wildman–Crippen MR) is 172 cm³/mol. The first-order valence-electron chi connectivity index (χ1n) is 15.1. The average molecular weight is 604 g/mol. The summed E-state index contributed by atoms with van der Waals surface area (Å²) in [4.78, 5) is 26.3. The van der Waals surface area contributed by atoms with Crippen LogP contribution in [-0.4, -0.2) is 55.7 Å². The molecule has 0 fully saturated rings. The molecule has 4 rings (SSSR count). The summed E-state index contributed by atoms with van der Waals surface area (Å²) in [6.45, 7) is 14.0. The van der Waals surface area contributed by atoms with Crippen LogP contribution in [0.1, 0.15) is 75.9 Å². The van der Waals surface area contributed by atoms with Crippen molar-refractivity contribution < 1.29 is 28.6 Å². The van der Waals surface area contributed by atoms with Gasteiger partial charge in [-0.2, -0.15) is 0 Å². The highest BCUT2D eigenvalue weighted by molar-refractivity contribution is 6.99. The molecule has 1 aliphatic heterocycles. The summed E-state index contributed by atoms with van der Waals surface area (Å²) in [5.41, 5.74) is 1.08. The zero-order valence-corrected chi connectivity index (χ0v) is 27.3. The van der Waals surface area contributed by atoms with Crippen molar-refractivity contribution in [3.05, 3.63) is 89.5 Å². The van der Waals surface area contributed by atoms with Crippen molar-refractivity contribution in [3.8, 4) is 5.75 Å². The Hall–Kier alpha value is -3.62. The van der Waals surface area contributed by atoms with Crippen LogP contribution in [0.15, 0.2) is 72.8 Å². The summed E-state index contributed by atoms with van der Waals surface area (Å²) < 4.78 is 18.5. The molecule has 3 aromatic carbocycles. The molecule has 1 amide bonds. The van der Waals surface area contributed by atoms with E-state index in [1.807, 2.05) is 39.0 Å². The van der Waals surface area contributed by atoms with Gasteiger partial charge in [-0.05, 0) is 78.7 Å². The molecule has 43 heavy (non-hydrogen) atoms. The number of carbonyl (C=O) groups excluding carboxylic acids is 1. The standard InChI is InChI=1S/C35H45NO6Si/c1-34(2,3)42-33(39)36-20-19-26-23-27(24-30(32(37)38)31(26)25-36)40-21-13-14-22-41-43(35(4,5)6,28-15-9-7-10-16-28)29-17-11-8-12-18-29/h7-12,15-18,23-24H,13-14,19-22,25H2,1-6H3,(H,37,38). The van der Waals surface area contributed by atoms with Gasteiger partial charge in [0.2, 0.25) is 0 Å². The van der Waals surface area contributed by atoms with Gasteiger partial charge in [-0.1, -0.05) is 81.4 Å². The van der Waals surface area contributed by atoms with Crippen LogP contribution in [0, 0.1) is 0 Å². The largest absolute Gasteiger partial charge is 0.494 e. The molecule has 0 unspecified atom stereocenters. The normalized spacial score (nSPS) is 13.8. The molecule has 0 spiro atoms. The van der Waals surface area contributed by atoms with Crippen LogP contribution in [0.25, 0.3) is 0 Å². The molecule has 0 aromatic heterocycles. The van der Waals surface area contributed by atoms with E-state index in [2.05, 4.69) is 69.3 Å². The molecule has 1 heterocycles. The second-order valence-corrected chi connectivity index (χ2v) is 17.4. The smallest absolute Gasteiger partial charge is 0.410 e. The molecular weight excluding hydrogens is 558 g/mol. The summed E-state index contributed by atoms with van der Waals surface area (Å²) in [7, 11) is -2.58. The van der Waals surface area contributed by atoms with E-state index < -0.39 is 26.0 Å². The highest BCUT2D eigenvalue weighted by atomic mass is 28.4. The SMILES string of the molecule is CC(C)(C)OC(=O)N1CCc2cc(OCCCCO[Si](c3ccccc3)(c3ccccc3)C(C)(C)C)cc(C(=O)O)c2C1. The minimum atomic E-state index is -2.58. The summed E-state index contributed by atoms with van der Waals surface area (Å²) in [5.74, 6) is -0.499. The van der Waals surface area contributed by atoms with Crippen LogP contribution in [0.4, 0.5) is 4.79 Å². The number of aromatic carboxylic acids is 1. The molecule has 0 aliphatic carbocycles. The number of hydrogen-bond acceptors (Lipinski definition) is 5. The van der Waals surface area contributed by atoms with Crippen LogP contribution in [0.2, 0.25) is 5.04 Å². The van der Waals surface area contributed by atoms with Crippen molar-refractivity contribution in [2.45, 2.75) is 78.0 Å². The van der Waals surface area contributed by atoms with Crippen LogP contribution >= 0.6 is 0 Å². The lowest BCUT2D eigenvalue weighted by Gasteiger charge is -2.43. The van der Waals surface area contributed by atoms with Crippen molar-refractivity contribution in [3.63, 3.8) is 0 Å². The lowest BCUT2D eigenvalue weighted by molar-refractivity contribution is 0.0221. The Bertz CT molecular complexity index is 1360. The first-order chi connectivity index (χ1) is 20.3. The molecule has 0 saturated carbocycles. The molecular formula is C35H45NO6Si. The first-order valence-corrected chi connectivity index (χ1v) is 17.0. The molecule has 0 saturated heterocycles. The average Bonchev–Trinajstić information content (AvgIpc) is 2.95. The monoisotopic (exact) mass is 603 g/mol. The minimum Gasteiger partial charge on any atom is -0.494 e. The Kier molecular flexibility index (Phi) is 10.0. The Morgan fingerprint density at radius 2 is 1.44 bits per heavy atom. The Morgan fingerprint density at radius 1 is 0.860 bits per heavy atom. The summed E-state index contributed by atoms with van der Waals surface area (Å²) in [6, 6.07) is 24.7. The molecule has 0 atom stereocenters. The third-order valence-corrected chi connectivity index (χ3v) is 12.8. The number of amides is 1. The zero-order chi connectivity index (χ0) is 31.3. The number of ether oxygens (including phenoxy) is 2. The first kappa shape index (κ1) is 32.3. The van der Waals surface area contributed by atoms with Gasteiger partial charge in [0.15, 0.2) is 0 Å².